The molecular weight excluding hydrogens is 328 g/mol. The van der Waals surface area contributed by atoms with Crippen LogP contribution >= 0.6 is 0 Å². The lowest BCUT2D eigenvalue weighted by Crippen LogP contribution is -2.47. The average molecular weight is 345 g/mol. The predicted octanol–water partition coefficient (Wildman–Crippen LogP) is -0.967. The molecule has 0 aliphatic carbocycles. The van der Waals surface area contributed by atoms with Crippen molar-refractivity contribution in [1.82, 2.24) is 4.31 Å². The van der Waals surface area contributed by atoms with Crippen LogP contribution in [0.2, 0.25) is 0 Å². The van der Waals surface area contributed by atoms with Gasteiger partial charge >= 0.3 is 7.12 Å². The van der Waals surface area contributed by atoms with Gasteiger partial charge < -0.3 is 19.5 Å². The molecule has 0 amide bonds. The first kappa shape index (κ1) is 16.8. The van der Waals surface area contributed by atoms with E-state index in [0.717, 1.165) is 12.1 Å². The Morgan fingerprint density at radius 1 is 1.17 bits per heavy atom. The second kappa shape index (κ2) is 6.12. The van der Waals surface area contributed by atoms with Crippen LogP contribution in [0.1, 0.15) is 12.8 Å². The predicted molar refractivity (Wildman–Crippen MR) is 78.9 cm³/mol. The molecule has 1 aromatic carbocycles. The van der Waals surface area contributed by atoms with Crippen molar-refractivity contribution in [2.45, 2.75) is 23.5 Å². The standard InChI is InChI=1S/C13H17BFNO6S/c15-11-9-10(14(17)18)1-2-12(11)23(19,20)16-5-3-13(4-6-16)21-7-8-22-13/h1-2,9,17-18H,3-8H2. The number of hydrogen-bond acceptors (Lipinski definition) is 6. The highest BCUT2D eigenvalue weighted by atomic mass is 32.2. The molecule has 2 saturated heterocycles. The fourth-order valence-electron chi connectivity index (χ4n) is 2.88. The van der Waals surface area contributed by atoms with Crippen molar-refractivity contribution in [2.75, 3.05) is 26.3 Å². The van der Waals surface area contributed by atoms with Crippen LogP contribution in [-0.2, 0) is 19.5 Å². The van der Waals surface area contributed by atoms with E-state index < -0.39 is 33.6 Å². The van der Waals surface area contributed by atoms with Crippen molar-refractivity contribution in [3.05, 3.63) is 24.0 Å². The molecule has 0 radical (unpaired) electrons. The van der Waals surface area contributed by atoms with Crippen molar-refractivity contribution < 1.29 is 32.3 Å². The maximum atomic E-state index is 14.1. The lowest BCUT2D eigenvalue weighted by atomic mass is 9.80. The molecule has 3 rings (SSSR count). The minimum atomic E-state index is -4.00. The third-order valence-corrected chi connectivity index (χ3v) is 6.10. The molecule has 0 aromatic heterocycles. The lowest BCUT2D eigenvalue weighted by molar-refractivity contribution is -0.179. The lowest BCUT2D eigenvalue weighted by Gasteiger charge is -2.36. The van der Waals surface area contributed by atoms with Gasteiger partial charge in [-0.25, -0.2) is 12.8 Å². The third-order valence-electron chi connectivity index (χ3n) is 4.17. The molecule has 2 N–H and O–H groups in total. The molecule has 0 saturated carbocycles. The minimum Gasteiger partial charge on any atom is -0.423 e. The Labute approximate surface area is 133 Å². The smallest absolute Gasteiger partial charge is 0.423 e. The quantitative estimate of drug-likeness (QED) is 0.685. The van der Waals surface area contributed by atoms with Crippen LogP contribution in [-0.4, -0.2) is 62.0 Å². The van der Waals surface area contributed by atoms with Gasteiger partial charge in [0.2, 0.25) is 10.0 Å². The first-order valence-corrected chi connectivity index (χ1v) is 8.72. The fourth-order valence-corrected chi connectivity index (χ4v) is 4.37. The van der Waals surface area contributed by atoms with Crippen molar-refractivity contribution in [3.8, 4) is 0 Å². The van der Waals surface area contributed by atoms with Crippen molar-refractivity contribution >= 4 is 22.6 Å². The van der Waals surface area contributed by atoms with E-state index in [2.05, 4.69) is 0 Å². The molecule has 23 heavy (non-hydrogen) atoms. The fraction of sp³-hybridized carbons (Fsp3) is 0.538. The Balaban J connectivity index is 1.79. The third kappa shape index (κ3) is 3.15. The van der Waals surface area contributed by atoms with Crippen LogP contribution in [0.15, 0.2) is 23.1 Å². The summed E-state index contributed by atoms with van der Waals surface area (Å²) in [6.07, 6.45) is 0.780. The largest absolute Gasteiger partial charge is 0.488 e. The summed E-state index contributed by atoms with van der Waals surface area (Å²) in [5.74, 6) is -1.72. The number of halogens is 1. The highest BCUT2D eigenvalue weighted by molar-refractivity contribution is 7.89. The van der Waals surface area contributed by atoms with E-state index in [1.807, 2.05) is 0 Å². The van der Waals surface area contributed by atoms with Crippen LogP contribution in [0.25, 0.3) is 0 Å². The Morgan fingerprint density at radius 2 is 1.78 bits per heavy atom. The second-order valence-electron chi connectivity index (χ2n) is 5.58. The number of nitrogens with zero attached hydrogens (tertiary/aromatic N) is 1. The van der Waals surface area contributed by atoms with Crippen LogP contribution in [0.4, 0.5) is 4.39 Å². The van der Waals surface area contributed by atoms with Gasteiger partial charge in [0.1, 0.15) is 10.7 Å². The van der Waals surface area contributed by atoms with Gasteiger partial charge in [0.25, 0.3) is 0 Å². The van der Waals surface area contributed by atoms with Gasteiger partial charge in [-0.15, -0.1) is 0 Å². The summed E-state index contributed by atoms with van der Waals surface area (Å²) in [5, 5.41) is 18.0. The first-order chi connectivity index (χ1) is 10.8. The number of sulfonamides is 1. The molecule has 2 heterocycles. The first-order valence-electron chi connectivity index (χ1n) is 7.28. The maximum Gasteiger partial charge on any atom is 0.488 e. The zero-order valence-corrected chi connectivity index (χ0v) is 13.1. The van der Waals surface area contributed by atoms with E-state index in [0.29, 0.717) is 26.1 Å². The molecule has 0 unspecified atom stereocenters. The molecule has 1 aromatic rings. The van der Waals surface area contributed by atoms with E-state index in [4.69, 9.17) is 19.5 Å². The normalized spacial score (nSPS) is 21.7. The Morgan fingerprint density at radius 3 is 2.30 bits per heavy atom. The summed E-state index contributed by atoms with van der Waals surface area (Å²) in [4.78, 5) is -0.480. The molecule has 2 aliphatic heterocycles. The Hall–Kier alpha value is -1.04. The maximum absolute atomic E-state index is 14.1. The van der Waals surface area contributed by atoms with E-state index in [-0.39, 0.29) is 18.6 Å². The summed E-state index contributed by atoms with van der Waals surface area (Å²) >= 11 is 0. The van der Waals surface area contributed by atoms with Gasteiger partial charge in [0.15, 0.2) is 5.79 Å². The average Bonchev–Trinajstić information content (AvgIpc) is 2.95. The van der Waals surface area contributed by atoms with Crippen LogP contribution < -0.4 is 5.46 Å². The van der Waals surface area contributed by atoms with Gasteiger partial charge in [0.05, 0.1) is 13.2 Å². The molecule has 2 fully saturated rings. The number of ether oxygens (including phenoxy) is 2. The summed E-state index contributed by atoms with van der Waals surface area (Å²) < 4.78 is 51.5. The molecule has 0 atom stereocenters. The zero-order chi connectivity index (χ0) is 16.7. The van der Waals surface area contributed by atoms with E-state index in [9.17, 15) is 12.8 Å². The van der Waals surface area contributed by atoms with Gasteiger partial charge in [-0.3, -0.25) is 0 Å². The van der Waals surface area contributed by atoms with Gasteiger partial charge in [0, 0.05) is 25.9 Å². The van der Waals surface area contributed by atoms with Gasteiger partial charge in [-0.05, 0) is 17.6 Å². The van der Waals surface area contributed by atoms with Crippen LogP contribution in [0.3, 0.4) is 0 Å². The van der Waals surface area contributed by atoms with E-state index >= 15 is 0 Å². The minimum absolute atomic E-state index is 0.105. The molecular formula is C13H17BFNO6S. The van der Waals surface area contributed by atoms with Crippen molar-refractivity contribution in [2.24, 2.45) is 0 Å². The molecule has 1 spiro atoms. The van der Waals surface area contributed by atoms with Crippen molar-refractivity contribution in [1.29, 1.82) is 0 Å². The SMILES string of the molecule is O=S(=O)(c1ccc(B(O)O)cc1F)N1CCC2(CC1)OCCO2. The topological polar surface area (TPSA) is 96.3 Å². The second-order valence-corrected chi connectivity index (χ2v) is 7.48. The molecule has 126 valence electrons. The molecule has 10 heteroatoms. The highest BCUT2D eigenvalue weighted by Gasteiger charge is 2.43. The molecule has 7 nitrogen and oxygen atoms in total. The van der Waals surface area contributed by atoms with E-state index in [1.165, 1.54) is 10.4 Å². The molecule has 0 bridgehead atoms. The number of benzene rings is 1. The highest BCUT2D eigenvalue weighted by Crippen LogP contribution is 2.33. The number of piperidine rings is 1. The number of hydrogen-bond donors (Lipinski definition) is 2. The van der Waals surface area contributed by atoms with Crippen molar-refractivity contribution in [3.63, 3.8) is 0 Å². The molecule has 2 aliphatic rings. The Bertz CT molecular complexity index is 682. The number of rotatable bonds is 3. The van der Waals surface area contributed by atoms with Crippen LogP contribution in [0, 0.1) is 5.82 Å². The summed E-state index contributed by atoms with van der Waals surface area (Å²) in [7, 11) is -5.85. The summed E-state index contributed by atoms with van der Waals surface area (Å²) in [6, 6.07) is 3.04. The summed E-state index contributed by atoms with van der Waals surface area (Å²) in [5.41, 5.74) is -0.105. The summed E-state index contributed by atoms with van der Waals surface area (Å²) in [6.45, 7) is 1.33. The van der Waals surface area contributed by atoms with E-state index in [1.54, 1.807) is 0 Å². The van der Waals surface area contributed by atoms with Crippen LogP contribution in [0.5, 0.6) is 0 Å². The van der Waals surface area contributed by atoms with Gasteiger partial charge in [-0.2, -0.15) is 4.31 Å². The zero-order valence-electron chi connectivity index (χ0n) is 12.3. The monoisotopic (exact) mass is 345 g/mol. The Kier molecular flexibility index (Phi) is 4.47. The van der Waals surface area contributed by atoms with Gasteiger partial charge in [-0.1, -0.05) is 6.07 Å².